The molecule has 5 heteroatoms. The Morgan fingerprint density at radius 3 is 2.53 bits per heavy atom. The molecular weight excluding hydrogens is 238 g/mol. The molecule has 0 unspecified atom stereocenters. The van der Waals surface area contributed by atoms with Gasteiger partial charge in [0, 0.05) is 18.6 Å². The van der Waals surface area contributed by atoms with Gasteiger partial charge in [-0.2, -0.15) is 0 Å². The molecule has 0 radical (unpaired) electrons. The topological polar surface area (TPSA) is 66.4 Å². The molecule has 4 nitrogen and oxygen atoms in total. The van der Waals surface area contributed by atoms with Crippen LogP contribution in [0.25, 0.3) is 6.08 Å². The highest BCUT2D eigenvalue weighted by Crippen LogP contribution is 2.02. The maximum atomic E-state index is 11.5. The van der Waals surface area contributed by atoms with Crippen molar-refractivity contribution in [2.24, 2.45) is 0 Å². The summed E-state index contributed by atoms with van der Waals surface area (Å²) in [4.78, 5) is 0. The number of nitrogens with one attached hydrogen (secondary N) is 1. The van der Waals surface area contributed by atoms with E-state index in [0.717, 1.165) is 11.0 Å². The molecule has 0 aliphatic heterocycles. The first kappa shape index (κ1) is 13.9. The second-order valence-corrected chi connectivity index (χ2v) is 5.23. The van der Waals surface area contributed by atoms with Crippen LogP contribution in [0.1, 0.15) is 18.4 Å². The molecule has 0 heterocycles. The minimum atomic E-state index is -3.37. The average molecular weight is 255 g/mol. The van der Waals surface area contributed by atoms with E-state index in [1.165, 1.54) is 0 Å². The Labute approximate surface area is 102 Å². The predicted molar refractivity (Wildman–Crippen MR) is 68.7 cm³/mol. The van der Waals surface area contributed by atoms with Crippen LogP contribution in [0.3, 0.4) is 0 Å². The number of hydrogen-bond acceptors (Lipinski definition) is 3. The minimum absolute atomic E-state index is 0.0849. The van der Waals surface area contributed by atoms with Crippen LogP contribution in [0.15, 0.2) is 35.7 Å². The molecular formula is C12H17NO3S. The number of hydrogen-bond donors (Lipinski definition) is 2. The zero-order chi connectivity index (χ0) is 12.6. The highest BCUT2D eigenvalue weighted by Gasteiger charge is 2.03. The summed E-state index contributed by atoms with van der Waals surface area (Å²) in [5.41, 5.74) is 0.841. The van der Waals surface area contributed by atoms with Gasteiger partial charge in [-0.3, -0.25) is 0 Å². The number of rotatable bonds is 7. The standard InChI is InChI=1S/C12H17NO3S/c14-10-5-4-9-13-17(15,16)11-8-12-6-2-1-3-7-12/h1-3,6-8,11,13-14H,4-5,9-10H2/b11-8+. The Kier molecular flexibility index (Phi) is 5.90. The SMILES string of the molecule is O=S(=O)(/C=C/c1ccccc1)NCCCCO. The fourth-order valence-electron chi connectivity index (χ4n) is 1.23. The fourth-order valence-corrected chi connectivity index (χ4v) is 2.09. The second kappa shape index (κ2) is 7.21. The van der Waals surface area contributed by atoms with Gasteiger partial charge in [0.1, 0.15) is 0 Å². The molecule has 0 aliphatic rings. The summed E-state index contributed by atoms with van der Waals surface area (Å²) in [5.74, 6) is 0. The van der Waals surface area contributed by atoms with Crippen LogP contribution in [0.2, 0.25) is 0 Å². The summed E-state index contributed by atoms with van der Waals surface area (Å²) < 4.78 is 25.5. The molecule has 0 saturated heterocycles. The summed E-state index contributed by atoms with van der Waals surface area (Å²) in [6, 6.07) is 9.23. The lowest BCUT2D eigenvalue weighted by molar-refractivity contribution is 0.285. The summed E-state index contributed by atoms with van der Waals surface area (Å²) in [6.07, 6.45) is 2.79. The van der Waals surface area contributed by atoms with Gasteiger partial charge in [0.25, 0.3) is 0 Å². The molecule has 94 valence electrons. The molecule has 0 saturated carbocycles. The normalized spacial score (nSPS) is 12.1. The van der Waals surface area contributed by atoms with Crippen LogP contribution in [0, 0.1) is 0 Å². The van der Waals surface area contributed by atoms with Gasteiger partial charge in [-0.1, -0.05) is 30.3 Å². The van der Waals surface area contributed by atoms with Crippen molar-refractivity contribution in [3.63, 3.8) is 0 Å². The van der Waals surface area contributed by atoms with Crippen LogP contribution in [0.5, 0.6) is 0 Å². The molecule has 0 amide bonds. The van der Waals surface area contributed by atoms with Gasteiger partial charge in [0.05, 0.1) is 0 Å². The molecule has 0 atom stereocenters. The van der Waals surface area contributed by atoms with Gasteiger partial charge in [0.15, 0.2) is 0 Å². The van der Waals surface area contributed by atoms with E-state index in [1.807, 2.05) is 30.3 Å². The lowest BCUT2D eigenvalue weighted by Crippen LogP contribution is -2.22. The Morgan fingerprint density at radius 1 is 1.18 bits per heavy atom. The quantitative estimate of drug-likeness (QED) is 0.723. The maximum Gasteiger partial charge on any atom is 0.233 e. The van der Waals surface area contributed by atoms with Gasteiger partial charge in [0.2, 0.25) is 10.0 Å². The third-order valence-electron chi connectivity index (χ3n) is 2.13. The largest absolute Gasteiger partial charge is 0.396 e. The number of benzene rings is 1. The maximum absolute atomic E-state index is 11.5. The van der Waals surface area contributed by atoms with Crippen molar-refractivity contribution in [1.29, 1.82) is 0 Å². The van der Waals surface area contributed by atoms with E-state index >= 15 is 0 Å². The van der Waals surface area contributed by atoms with Gasteiger partial charge in [-0.05, 0) is 24.5 Å². The van der Waals surface area contributed by atoms with E-state index in [1.54, 1.807) is 6.08 Å². The predicted octanol–water partition coefficient (Wildman–Crippen LogP) is 1.35. The van der Waals surface area contributed by atoms with Crippen molar-refractivity contribution >= 4 is 16.1 Å². The summed E-state index contributed by atoms with van der Waals surface area (Å²) in [7, 11) is -3.37. The average Bonchev–Trinajstić information content (AvgIpc) is 2.34. The van der Waals surface area contributed by atoms with Crippen molar-refractivity contribution in [2.75, 3.05) is 13.2 Å². The number of aliphatic hydroxyl groups excluding tert-OH is 1. The summed E-state index contributed by atoms with van der Waals surface area (Å²) in [6.45, 7) is 0.434. The van der Waals surface area contributed by atoms with Gasteiger partial charge >= 0.3 is 0 Å². The third kappa shape index (κ3) is 6.21. The first-order chi connectivity index (χ1) is 8.14. The van der Waals surface area contributed by atoms with Gasteiger partial charge < -0.3 is 5.11 Å². The van der Waals surface area contributed by atoms with Crippen LogP contribution in [0.4, 0.5) is 0 Å². The summed E-state index contributed by atoms with van der Waals surface area (Å²) >= 11 is 0. The molecule has 2 N–H and O–H groups in total. The minimum Gasteiger partial charge on any atom is -0.396 e. The Hall–Kier alpha value is -1.17. The molecule has 0 bridgehead atoms. The molecule has 17 heavy (non-hydrogen) atoms. The Balaban J connectivity index is 2.46. The fraction of sp³-hybridized carbons (Fsp3) is 0.333. The van der Waals surface area contributed by atoms with Crippen LogP contribution < -0.4 is 4.72 Å². The highest BCUT2D eigenvalue weighted by atomic mass is 32.2. The zero-order valence-corrected chi connectivity index (χ0v) is 10.4. The van der Waals surface area contributed by atoms with Crippen molar-refractivity contribution in [3.8, 4) is 0 Å². The van der Waals surface area contributed by atoms with Crippen LogP contribution >= 0.6 is 0 Å². The van der Waals surface area contributed by atoms with Gasteiger partial charge in [-0.25, -0.2) is 13.1 Å². The van der Waals surface area contributed by atoms with E-state index in [0.29, 0.717) is 19.4 Å². The van der Waals surface area contributed by atoms with E-state index < -0.39 is 10.0 Å². The lowest BCUT2D eigenvalue weighted by atomic mass is 10.2. The monoisotopic (exact) mass is 255 g/mol. The lowest BCUT2D eigenvalue weighted by Gasteiger charge is -2.01. The van der Waals surface area contributed by atoms with E-state index in [9.17, 15) is 8.42 Å². The number of aliphatic hydroxyl groups is 1. The molecule has 0 fully saturated rings. The summed E-state index contributed by atoms with van der Waals surface area (Å²) in [5, 5.41) is 9.71. The Morgan fingerprint density at radius 2 is 1.88 bits per heavy atom. The molecule has 1 rings (SSSR count). The molecule has 1 aromatic rings. The first-order valence-electron chi connectivity index (χ1n) is 5.48. The van der Waals surface area contributed by atoms with Gasteiger partial charge in [-0.15, -0.1) is 0 Å². The van der Waals surface area contributed by atoms with E-state index in [-0.39, 0.29) is 6.61 Å². The zero-order valence-electron chi connectivity index (χ0n) is 9.54. The molecule has 0 aromatic heterocycles. The van der Waals surface area contributed by atoms with Crippen molar-refractivity contribution in [1.82, 2.24) is 4.72 Å². The molecule has 0 aliphatic carbocycles. The number of unbranched alkanes of at least 4 members (excludes halogenated alkanes) is 1. The van der Waals surface area contributed by atoms with E-state index in [2.05, 4.69) is 4.72 Å². The van der Waals surface area contributed by atoms with Crippen molar-refractivity contribution in [3.05, 3.63) is 41.3 Å². The third-order valence-corrected chi connectivity index (χ3v) is 3.23. The van der Waals surface area contributed by atoms with E-state index in [4.69, 9.17) is 5.11 Å². The molecule has 0 spiro atoms. The smallest absolute Gasteiger partial charge is 0.233 e. The van der Waals surface area contributed by atoms with Crippen molar-refractivity contribution < 1.29 is 13.5 Å². The molecule has 1 aromatic carbocycles. The second-order valence-electron chi connectivity index (χ2n) is 3.58. The Bertz CT molecular complexity index is 440. The van der Waals surface area contributed by atoms with Crippen LogP contribution in [-0.2, 0) is 10.0 Å². The van der Waals surface area contributed by atoms with Crippen LogP contribution in [-0.4, -0.2) is 26.7 Å². The first-order valence-corrected chi connectivity index (χ1v) is 7.02. The van der Waals surface area contributed by atoms with Crippen molar-refractivity contribution in [2.45, 2.75) is 12.8 Å². The number of sulfonamides is 1. The highest BCUT2D eigenvalue weighted by molar-refractivity contribution is 7.92.